The maximum Gasteiger partial charge on any atom is 0.416 e. The van der Waals surface area contributed by atoms with Crippen LogP contribution < -0.4 is 10.0 Å². The number of hydrogen-bond donors (Lipinski definition) is 3. The van der Waals surface area contributed by atoms with Gasteiger partial charge in [0.25, 0.3) is 0 Å². The summed E-state index contributed by atoms with van der Waals surface area (Å²) in [4.78, 5) is -0.437. The zero-order valence-electron chi connectivity index (χ0n) is 11.3. The highest BCUT2D eigenvalue weighted by atomic mass is 32.2. The molecule has 3 N–H and O–H groups in total. The lowest BCUT2D eigenvalue weighted by Gasteiger charge is -2.11. The van der Waals surface area contributed by atoms with E-state index in [4.69, 9.17) is 5.11 Å². The molecule has 0 saturated heterocycles. The molecule has 0 bridgehead atoms. The van der Waals surface area contributed by atoms with Crippen molar-refractivity contribution in [2.45, 2.75) is 24.1 Å². The van der Waals surface area contributed by atoms with Gasteiger partial charge in [-0.15, -0.1) is 0 Å². The number of hydrogen-bond acceptors (Lipinski definition) is 4. The van der Waals surface area contributed by atoms with Crippen LogP contribution in [0.1, 0.15) is 12.5 Å². The van der Waals surface area contributed by atoms with E-state index < -0.39 is 32.8 Å². The first-order chi connectivity index (χ1) is 9.63. The number of sulfonamides is 1. The molecular formula is C12H17F3N2O3S. The number of aliphatic hydroxyl groups is 1. The summed E-state index contributed by atoms with van der Waals surface area (Å²) >= 11 is 0. The highest BCUT2D eigenvalue weighted by molar-refractivity contribution is 7.89. The first kappa shape index (κ1) is 17.9. The quantitative estimate of drug-likeness (QED) is 0.652. The maximum absolute atomic E-state index is 12.5. The molecule has 0 aliphatic carbocycles. The lowest BCUT2D eigenvalue weighted by atomic mass is 10.2. The summed E-state index contributed by atoms with van der Waals surface area (Å²) in [7, 11) is -4.00. The molecule has 0 aromatic heterocycles. The van der Waals surface area contributed by atoms with Gasteiger partial charge in [-0.2, -0.15) is 13.2 Å². The normalized spacial score (nSPS) is 14.1. The Morgan fingerprint density at radius 3 is 2.52 bits per heavy atom. The van der Waals surface area contributed by atoms with Crippen LogP contribution in [0.5, 0.6) is 0 Å². The Bertz CT molecular complexity index is 559. The average molecular weight is 326 g/mol. The van der Waals surface area contributed by atoms with E-state index in [9.17, 15) is 21.6 Å². The van der Waals surface area contributed by atoms with Gasteiger partial charge in [-0.1, -0.05) is 6.07 Å². The van der Waals surface area contributed by atoms with E-state index >= 15 is 0 Å². The minimum atomic E-state index is -4.59. The molecule has 0 spiro atoms. The van der Waals surface area contributed by atoms with Crippen molar-refractivity contribution in [2.24, 2.45) is 0 Å². The van der Waals surface area contributed by atoms with Gasteiger partial charge in [0.1, 0.15) is 0 Å². The zero-order chi connectivity index (χ0) is 16.1. The predicted octanol–water partition coefficient (Wildman–Crippen LogP) is 0.954. The van der Waals surface area contributed by atoms with Crippen LogP contribution in [0.4, 0.5) is 13.2 Å². The van der Waals surface area contributed by atoms with Gasteiger partial charge in [0.05, 0.1) is 16.6 Å². The molecule has 0 aliphatic rings. The molecule has 0 heterocycles. The molecule has 120 valence electrons. The second-order valence-electron chi connectivity index (χ2n) is 4.48. The van der Waals surface area contributed by atoms with Crippen LogP contribution in [0, 0.1) is 0 Å². The van der Waals surface area contributed by atoms with E-state index in [1.165, 1.54) is 0 Å². The molecule has 1 atom stereocenters. The second-order valence-corrected chi connectivity index (χ2v) is 6.24. The van der Waals surface area contributed by atoms with Crippen LogP contribution in [0.15, 0.2) is 29.2 Å². The molecule has 0 fully saturated rings. The van der Waals surface area contributed by atoms with Crippen LogP contribution in [-0.4, -0.2) is 39.3 Å². The molecule has 1 aromatic carbocycles. The summed E-state index contributed by atoms with van der Waals surface area (Å²) in [6.45, 7) is 2.12. The van der Waals surface area contributed by atoms with E-state index in [0.29, 0.717) is 12.6 Å². The number of benzene rings is 1. The number of halogens is 3. The van der Waals surface area contributed by atoms with Crippen molar-refractivity contribution < 1.29 is 26.7 Å². The molecule has 0 radical (unpaired) electrons. The van der Waals surface area contributed by atoms with Crippen molar-refractivity contribution in [1.29, 1.82) is 0 Å². The van der Waals surface area contributed by atoms with E-state index in [1.807, 2.05) is 0 Å². The van der Waals surface area contributed by atoms with Gasteiger partial charge < -0.3 is 10.4 Å². The maximum atomic E-state index is 12.5. The molecule has 5 nitrogen and oxygen atoms in total. The third-order valence-electron chi connectivity index (χ3n) is 2.51. The Morgan fingerprint density at radius 2 is 1.95 bits per heavy atom. The van der Waals surface area contributed by atoms with E-state index in [1.54, 1.807) is 6.92 Å². The Balaban J connectivity index is 2.66. The molecule has 1 aromatic rings. The van der Waals surface area contributed by atoms with Crippen molar-refractivity contribution in [2.75, 3.05) is 19.6 Å². The molecule has 1 rings (SSSR count). The lowest BCUT2D eigenvalue weighted by molar-refractivity contribution is -0.137. The standard InChI is InChI=1S/C12H17F3N2O3S/c1-9(18)8-16-5-6-17-21(19,20)11-4-2-3-10(7-11)12(13,14)15/h2-4,7,9,16-18H,5-6,8H2,1H3. The van der Waals surface area contributed by atoms with E-state index in [-0.39, 0.29) is 13.1 Å². The molecule has 0 saturated carbocycles. The third kappa shape index (κ3) is 6.00. The summed E-state index contributed by atoms with van der Waals surface area (Å²) in [6.07, 6.45) is -5.16. The summed E-state index contributed by atoms with van der Waals surface area (Å²) < 4.78 is 63.5. The minimum absolute atomic E-state index is 0.00526. The van der Waals surface area contributed by atoms with E-state index in [2.05, 4.69) is 10.0 Å². The lowest BCUT2D eigenvalue weighted by Crippen LogP contribution is -2.34. The predicted molar refractivity (Wildman–Crippen MR) is 71.2 cm³/mol. The summed E-state index contributed by atoms with van der Waals surface area (Å²) in [5.41, 5.74) is -1.02. The van der Waals surface area contributed by atoms with Crippen molar-refractivity contribution in [1.82, 2.24) is 10.0 Å². The van der Waals surface area contributed by atoms with Gasteiger partial charge in [0.15, 0.2) is 0 Å². The van der Waals surface area contributed by atoms with Crippen molar-refractivity contribution in [3.63, 3.8) is 0 Å². The van der Waals surface area contributed by atoms with Crippen LogP contribution >= 0.6 is 0 Å². The molecule has 1 unspecified atom stereocenters. The molecule has 21 heavy (non-hydrogen) atoms. The summed E-state index contributed by atoms with van der Waals surface area (Å²) in [5.74, 6) is 0. The van der Waals surface area contributed by atoms with Gasteiger partial charge in [0.2, 0.25) is 10.0 Å². The molecule has 9 heteroatoms. The van der Waals surface area contributed by atoms with Gasteiger partial charge in [0, 0.05) is 19.6 Å². The van der Waals surface area contributed by atoms with E-state index in [0.717, 1.165) is 18.2 Å². The number of nitrogens with one attached hydrogen (secondary N) is 2. The summed E-state index contributed by atoms with van der Waals surface area (Å²) in [5, 5.41) is 11.8. The van der Waals surface area contributed by atoms with Crippen molar-refractivity contribution in [3.8, 4) is 0 Å². The fourth-order valence-electron chi connectivity index (χ4n) is 1.51. The van der Waals surface area contributed by atoms with Crippen molar-refractivity contribution in [3.05, 3.63) is 29.8 Å². The number of rotatable bonds is 7. The van der Waals surface area contributed by atoms with Gasteiger partial charge in [-0.05, 0) is 25.1 Å². The second kappa shape index (κ2) is 7.21. The SMILES string of the molecule is CC(O)CNCCNS(=O)(=O)c1cccc(C(F)(F)F)c1. The van der Waals surface area contributed by atoms with Gasteiger partial charge >= 0.3 is 6.18 Å². The minimum Gasteiger partial charge on any atom is -0.392 e. The Morgan fingerprint density at radius 1 is 1.29 bits per heavy atom. The first-order valence-corrected chi connectivity index (χ1v) is 7.67. The monoisotopic (exact) mass is 326 g/mol. The van der Waals surface area contributed by atoms with Crippen LogP contribution in [-0.2, 0) is 16.2 Å². The first-order valence-electron chi connectivity index (χ1n) is 6.18. The fourth-order valence-corrected chi connectivity index (χ4v) is 2.58. The van der Waals surface area contributed by atoms with Gasteiger partial charge in [-0.3, -0.25) is 0 Å². The summed E-state index contributed by atoms with van der Waals surface area (Å²) in [6, 6.07) is 3.54. The highest BCUT2D eigenvalue weighted by Gasteiger charge is 2.31. The van der Waals surface area contributed by atoms with Crippen molar-refractivity contribution >= 4 is 10.0 Å². The van der Waals surface area contributed by atoms with Crippen LogP contribution in [0.25, 0.3) is 0 Å². The zero-order valence-corrected chi connectivity index (χ0v) is 12.1. The average Bonchev–Trinajstić information content (AvgIpc) is 2.37. The largest absolute Gasteiger partial charge is 0.416 e. The topological polar surface area (TPSA) is 78.4 Å². The third-order valence-corrected chi connectivity index (χ3v) is 3.96. The number of alkyl halides is 3. The number of aliphatic hydroxyl groups excluding tert-OH is 1. The molecule has 0 aliphatic heterocycles. The Labute approximate surface area is 121 Å². The smallest absolute Gasteiger partial charge is 0.392 e. The van der Waals surface area contributed by atoms with Crippen LogP contribution in [0.2, 0.25) is 0 Å². The molecular weight excluding hydrogens is 309 g/mol. The Kier molecular flexibility index (Phi) is 6.14. The van der Waals surface area contributed by atoms with Gasteiger partial charge in [-0.25, -0.2) is 13.1 Å². The fraction of sp³-hybridized carbons (Fsp3) is 0.500. The Hall–Kier alpha value is -1.16. The molecule has 0 amide bonds. The van der Waals surface area contributed by atoms with Crippen LogP contribution in [0.3, 0.4) is 0 Å². The highest BCUT2D eigenvalue weighted by Crippen LogP contribution is 2.30.